The van der Waals surface area contributed by atoms with Gasteiger partial charge in [0, 0.05) is 5.54 Å². The average molecular weight is 284 g/mol. The highest BCUT2D eigenvalue weighted by atomic mass is 79.9. The van der Waals surface area contributed by atoms with Gasteiger partial charge < -0.3 is 10.8 Å². The number of benzene rings is 1. The molecule has 16 heavy (non-hydrogen) atoms. The zero-order valence-electron chi connectivity index (χ0n) is 9.59. The van der Waals surface area contributed by atoms with Crippen molar-refractivity contribution >= 4 is 15.9 Å². The molecule has 1 aromatic carbocycles. The fourth-order valence-corrected chi connectivity index (χ4v) is 2.74. The molecule has 0 bridgehead atoms. The topological polar surface area (TPSA) is 46.2 Å². The fraction of sp³-hybridized carbons (Fsp3) is 0.538. The summed E-state index contributed by atoms with van der Waals surface area (Å²) in [6, 6.07) is 3.90. The van der Waals surface area contributed by atoms with Crippen LogP contribution in [0.3, 0.4) is 0 Å². The van der Waals surface area contributed by atoms with Gasteiger partial charge in [0.25, 0.3) is 0 Å². The van der Waals surface area contributed by atoms with Crippen LogP contribution in [0.25, 0.3) is 0 Å². The van der Waals surface area contributed by atoms with E-state index in [1.165, 1.54) is 19.3 Å². The number of phenolic OH excluding ortho intramolecular Hbond substituents is 1. The molecule has 0 amide bonds. The van der Waals surface area contributed by atoms with E-state index in [9.17, 15) is 5.11 Å². The van der Waals surface area contributed by atoms with Gasteiger partial charge in [0.2, 0.25) is 0 Å². The van der Waals surface area contributed by atoms with Gasteiger partial charge in [-0.1, -0.05) is 25.3 Å². The second kappa shape index (κ2) is 4.38. The van der Waals surface area contributed by atoms with Crippen LogP contribution in [0.5, 0.6) is 5.75 Å². The summed E-state index contributed by atoms with van der Waals surface area (Å²) in [5.74, 6) is 0.297. The van der Waals surface area contributed by atoms with Crippen LogP contribution >= 0.6 is 15.9 Å². The number of aryl methyl sites for hydroxylation is 1. The van der Waals surface area contributed by atoms with E-state index in [4.69, 9.17) is 5.73 Å². The molecule has 1 aliphatic carbocycles. The summed E-state index contributed by atoms with van der Waals surface area (Å²) in [6.45, 7) is 1.99. The maximum atomic E-state index is 9.82. The van der Waals surface area contributed by atoms with Crippen LogP contribution in [-0.4, -0.2) is 5.11 Å². The van der Waals surface area contributed by atoms with E-state index >= 15 is 0 Å². The Morgan fingerprint density at radius 1 is 1.25 bits per heavy atom. The summed E-state index contributed by atoms with van der Waals surface area (Å²) in [5, 5.41) is 9.82. The van der Waals surface area contributed by atoms with Crippen molar-refractivity contribution in [3.05, 3.63) is 27.7 Å². The minimum atomic E-state index is -0.235. The number of rotatable bonds is 1. The summed E-state index contributed by atoms with van der Waals surface area (Å²) < 4.78 is 0.774. The third kappa shape index (κ3) is 2.11. The smallest absolute Gasteiger partial charge is 0.130 e. The lowest BCUT2D eigenvalue weighted by Gasteiger charge is -2.34. The zero-order chi connectivity index (χ0) is 11.8. The van der Waals surface area contributed by atoms with E-state index < -0.39 is 0 Å². The summed E-state index contributed by atoms with van der Waals surface area (Å²) in [5.41, 5.74) is 8.33. The monoisotopic (exact) mass is 283 g/mol. The highest BCUT2D eigenvalue weighted by Crippen LogP contribution is 2.38. The molecule has 3 heteroatoms. The first-order chi connectivity index (χ1) is 7.53. The van der Waals surface area contributed by atoms with E-state index in [1.807, 2.05) is 13.0 Å². The number of phenols is 1. The van der Waals surface area contributed by atoms with Crippen molar-refractivity contribution in [2.24, 2.45) is 5.73 Å². The molecular weight excluding hydrogens is 266 g/mol. The van der Waals surface area contributed by atoms with E-state index in [-0.39, 0.29) is 5.54 Å². The Morgan fingerprint density at radius 3 is 2.44 bits per heavy atom. The normalized spacial score (nSPS) is 19.7. The van der Waals surface area contributed by atoms with Gasteiger partial charge in [-0.3, -0.25) is 0 Å². The lowest BCUT2D eigenvalue weighted by atomic mass is 9.77. The Bertz CT molecular complexity index is 374. The maximum Gasteiger partial charge on any atom is 0.130 e. The number of aromatic hydroxyl groups is 1. The SMILES string of the molecule is Cc1cc(C2(N)CCCCC2)cc(O)c1Br. The minimum Gasteiger partial charge on any atom is -0.507 e. The molecule has 1 saturated carbocycles. The van der Waals surface area contributed by atoms with Gasteiger partial charge in [-0.05, 0) is 52.9 Å². The molecule has 0 aromatic heterocycles. The molecule has 88 valence electrons. The second-order valence-corrected chi connectivity index (χ2v) is 5.64. The first-order valence-electron chi connectivity index (χ1n) is 5.81. The highest BCUT2D eigenvalue weighted by Gasteiger charge is 2.30. The van der Waals surface area contributed by atoms with Crippen molar-refractivity contribution in [2.75, 3.05) is 0 Å². The van der Waals surface area contributed by atoms with Crippen LogP contribution in [0.4, 0.5) is 0 Å². The van der Waals surface area contributed by atoms with Crippen LogP contribution in [0, 0.1) is 6.92 Å². The molecule has 0 radical (unpaired) electrons. The molecule has 0 aliphatic heterocycles. The van der Waals surface area contributed by atoms with Crippen molar-refractivity contribution in [2.45, 2.75) is 44.6 Å². The Labute approximate surface area is 105 Å². The first-order valence-corrected chi connectivity index (χ1v) is 6.61. The van der Waals surface area contributed by atoms with Gasteiger partial charge >= 0.3 is 0 Å². The summed E-state index contributed by atoms with van der Waals surface area (Å²) in [6.07, 6.45) is 5.69. The van der Waals surface area contributed by atoms with Gasteiger partial charge in [-0.15, -0.1) is 0 Å². The molecule has 0 heterocycles. The fourth-order valence-electron chi connectivity index (χ4n) is 2.51. The van der Waals surface area contributed by atoms with E-state index in [2.05, 4.69) is 22.0 Å². The third-order valence-electron chi connectivity index (χ3n) is 3.56. The van der Waals surface area contributed by atoms with Crippen LogP contribution in [-0.2, 0) is 5.54 Å². The highest BCUT2D eigenvalue weighted by molar-refractivity contribution is 9.10. The molecule has 0 atom stereocenters. The zero-order valence-corrected chi connectivity index (χ0v) is 11.2. The van der Waals surface area contributed by atoms with Crippen LogP contribution in [0.2, 0.25) is 0 Å². The number of hydrogen-bond donors (Lipinski definition) is 2. The number of hydrogen-bond acceptors (Lipinski definition) is 2. The van der Waals surface area contributed by atoms with E-state index in [1.54, 1.807) is 0 Å². The predicted octanol–water partition coefficient (Wildman–Crippen LogP) is 3.58. The standard InChI is InChI=1S/C13H18BrNO/c1-9-7-10(8-11(16)12(9)14)13(15)5-3-2-4-6-13/h7-8,16H,2-6,15H2,1H3. The molecule has 0 unspecified atom stereocenters. The van der Waals surface area contributed by atoms with Gasteiger partial charge in [-0.25, -0.2) is 0 Å². The molecule has 2 rings (SSSR count). The molecule has 1 aliphatic rings. The molecular formula is C13H18BrNO. The number of nitrogens with two attached hydrogens (primary N) is 1. The van der Waals surface area contributed by atoms with Gasteiger partial charge in [0.15, 0.2) is 0 Å². The van der Waals surface area contributed by atoms with Gasteiger partial charge in [0.1, 0.15) is 5.75 Å². The summed E-state index contributed by atoms with van der Waals surface area (Å²) >= 11 is 3.36. The molecule has 3 N–H and O–H groups in total. The maximum absolute atomic E-state index is 9.82. The van der Waals surface area contributed by atoms with E-state index in [0.717, 1.165) is 28.4 Å². The predicted molar refractivity (Wildman–Crippen MR) is 69.5 cm³/mol. The molecule has 1 aromatic rings. The lowest BCUT2D eigenvalue weighted by molar-refractivity contribution is 0.301. The summed E-state index contributed by atoms with van der Waals surface area (Å²) in [4.78, 5) is 0. The third-order valence-corrected chi connectivity index (χ3v) is 4.59. The van der Waals surface area contributed by atoms with Crippen LogP contribution in [0.1, 0.15) is 43.2 Å². The Kier molecular flexibility index (Phi) is 3.27. The molecule has 0 saturated heterocycles. The quantitative estimate of drug-likeness (QED) is 0.828. The van der Waals surface area contributed by atoms with E-state index in [0.29, 0.717) is 5.75 Å². The first kappa shape index (κ1) is 11.9. The molecule has 0 spiro atoms. The van der Waals surface area contributed by atoms with Crippen molar-refractivity contribution in [3.8, 4) is 5.75 Å². The average Bonchev–Trinajstić information content (AvgIpc) is 2.26. The van der Waals surface area contributed by atoms with Crippen LogP contribution < -0.4 is 5.73 Å². The summed E-state index contributed by atoms with van der Waals surface area (Å²) in [7, 11) is 0. The van der Waals surface area contributed by atoms with Crippen molar-refractivity contribution < 1.29 is 5.11 Å². The largest absolute Gasteiger partial charge is 0.507 e. The van der Waals surface area contributed by atoms with Crippen molar-refractivity contribution in [3.63, 3.8) is 0 Å². The van der Waals surface area contributed by atoms with Gasteiger partial charge in [0.05, 0.1) is 4.47 Å². The lowest BCUT2D eigenvalue weighted by Crippen LogP contribution is -2.38. The van der Waals surface area contributed by atoms with Crippen molar-refractivity contribution in [1.29, 1.82) is 0 Å². The van der Waals surface area contributed by atoms with Gasteiger partial charge in [-0.2, -0.15) is 0 Å². The Morgan fingerprint density at radius 2 is 1.88 bits per heavy atom. The Balaban J connectivity index is 2.39. The second-order valence-electron chi connectivity index (χ2n) is 4.84. The molecule has 2 nitrogen and oxygen atoms in total. The van der Waals surface area contributed by atoms with Crippen LogP contribution in [0.15, 0.2) is 16.6 Å². The number of halogens is 1. The van der Waals surface area contributed by atoms with Crippen molar-refractivity contribution in [1.82, 2.24) is 0 Å². The molecule has 1 fully saturated rings. The minimum absolute atomic E-state index is 0.235. The Hall–Kier alpha value is -0.540.